The van der Waals surface area contributed by atoms with Crippen molar-refractivity contribution in [2.75, 3.05) is 18.1 Å². The van der Waals surface area contributed by atoms with Gasteiger partial charge in [-0.15, -0.1) is 0 Å². The van der Waals surface area contributed by atoms with Gasteiger partial charge in [-0.25, -0.2) is 8.42 Å². The van der Waals surface area contributed by atoms with E-state index in [4.69, 9.17) is 32.7 Å². The minimum Gasteiger partial charge on any atom is -0.494 e. The summed E-state index contributed by atoms with van der Waals surface area (Å²) < 4.78 is 37.1. The first-order valence-corrected chi connectivity index (χ1v) is 14.7. The zero-order chi connectivity index (χ0) is 27.1. The van der Waals surface area contributed by atoms with Crippen molar-refractivity contribution in [3.63, 3.8) is 0 Å². The van der Waals surface area contributed by atoms with E-state index < -0.39 is 21.7 Å². The molecule has 1 fully saturated rings. The SMILES string of the molecule is C=C(OCC)c1ccc2c(c1)C(=O)N(Cc1ccc(Cl)cn1)C2(OC1CCS(=O)(=O)C1)c1ccc(Cl)cc1. The monoisotopic (exact) mass is 572 g/mol. The summed E-state index contributed by atoms with van der Waals surface area (Å²) in [4.78, 5) is 20.1. The fourth-order valence-electron chi connectivity index (χ4n) is 5.00. The Bertz CT molecular complexity index is 1490. The van der Waals surface area contributed by atoms with Crippen molar-refractivity contribution in [2.24, 2.45) is 0 Å². The molecule has 10 heteroatoms. The van der Waals surface area contributed by atoms with E-state index in [1.54, 1.807) is 47.4 Å². The van der Waals surface area contributed by atoms with E-state index in [0.717, 1.165) is 0 Å². The Kier molecular flexibility index (Phi) is 7.26. The maximum absolute atomic E-state index is 14.1. The van der Waals surface area contributed by atoms with Crippen LogP contribution in [0.2, 0.25) is 10.0 Å². The van der Waals surface area contributed by atoms with Gasteiger partial charge in [-0.05, 0) is 43.7 Å². The summed E-state index contributed by atoms with van der Waals surface area (Å²) in [5, 5.41) is 0.992. The molecule has 5 rings (SSSR count). The number of aromatic nitrogens is 1. The van der Waals surface area contributed by atoms with Crippen LogP contribution in [0.25, 0.3) is 5.76 Å². The lowest BCUT2D eigenvalue weighted by Crippen LogP contribution is -2.48. The molecule has 2 aliphatic heterocycles. The smallest absolute Gasteiger partial charge is 0.257 e. The molecule has 2 atom stereocenters. The molecule has 1 saturated heterocycles. The molecular weight excluding hydrogens is 547 g/mol. The van der Waals surface area contributed by atoms with Crippen LogP contribution in [0.5, 0.6) is 0 Å². The third-order valence-corrected chi connectivity index (χ3v) is 8.97. The van der Waals surface area contributed by atoms with Crippen LogP contribution >= 0.6 is 23.2 Å². The van der Waals surface area contributed by atoms with Crippen LogP contribution in [0.3, 0.4) is 0 Å². The van der Waals surface area contributed by atoms with Crippen molar-refractivity contribution in [3.8, 4) is 0 Å². The van der Waals surface area contributed by atoms with Crippen LogP contribution < -0.4 is 0 Å². The quantitative estimate of drug-likeness (QED) is 0.333. The molecule has 0 bridgehead atoms. The first kappa shape index (κ1) is 26.7. The number of hydrogen-bond acceptors (Lipinski definition) is 6. The van der Waals surface area contributed by atoms with Gasteiger partial charge in [-0.1, -0.05) is 54.0 Å². The highest BCUT2D eigenvalue weighted by atomic mass is 35.5. The van der Waals surface area contributed by atoms with E-state index in [2.05, 4.69) is 11.6 Å². The molecule has 3 heterocycles. The Labute approximate surface area is 231 Å². The summed E-state index contributed by atoms with van der Waals surface area (Å²) in [6, 6.07) is 15.9. The number of sulfone groups is 1. The summed E-state index contributed by atoms with van der Waals surface area (Å²) in [5.74, 6) is 0.0543. The van der Waals surface area contributed by atoms with E-state index >= 15 is 0 Å². The first-order valence-electron chi connectivity index (χ1n) is 12.2. The largest absolute Gasteiger partial charge is 0.494 e. The highest BCUT2D eigenvalue weighted by Gasteiger charge is 2.54. The number of amides is 1. The van der Waals surface area contributed by atoms with Crippen LogP contribution in [-0.2, 0) is 31.6 Å². The maximum atomic E-state index is 14.1. The molecular formula is C28H26Cl2N2O5S. The van der Waals surface area contributed by atoms with Gasteiger partial charge in [0.1, 0.15) is 5.76 Å². The highest BCUT2D eigenvalue weighted by molar-refractivity contribution is 7.91. The van der Waals surface area contributed by atoms with Crippen molar-refractivity contribution < 1.29 is 22.7 Å². The van der Waals surface area contributed by atoms with E-state index in [9.17, 15) is 13.2 Å². The average molecular weight is 573 g/mol. The van der Waals surface area contributed by atoms with E-state index in [1.807, 2.05) is 19.1 Å². The number of ether oxygens (including phenoxy) is 2. The van der Waals surface area contributed by atoms with Gasteiger partial charge in [-0.2, -0.15) is 0 Å². The Morgan fingerprint density at radius 1 is 1.13 bits per heavy atom. The van der Waals surface area contributed by atoms with Crippen LogP contribution in [0.15, 0.2) is 67.4 Å². The molecule has 38 heavy (non-hydrogen) atoms. The fourth-order valence-corrected chi connectivity index (χ4v) is 6.83. The Balaban J connectivity index is 1.70. The molecule has 198 valence electrons. The number of rotatable bonds is 8. The molecule has 0 spiro atoms. The van der Waals surface area contributed by atoms with Gasteiger partial charge in [-0.3, -0.25) is 14.7 Å². The molecule has 1 amide bonds. The first-order chi connectivity index (χ1) is 18.1. The molecule has 0 radical (unpaired) electrons. The number of carbonyl (C=O) groups excluding carboxylic acids is 1. The maximum Gasteiger partial charge on any atom is 0.257 e. The Morgan fingerprint density at radius 2 is 1.87 bits per heavy atom. The molecule has 1 aromatic heterocycles. The van der Waals surface area contributed by atoms with Gasteiger partial charge in [0, 0.05) is 33.5 Å². The lowest BCUT2D eigenvalue weighted by atomic mass is 9.91. The lowest BCUT2D eigenvalue weighted by Gasteiger charge is -2.41. The van der Waals surface area contributed by atoms with Crippen LogP contribution in [0.1, 0.15) is 46.1 Å². The fraction of sp³-hybridized carbons (Fsp3) is 0.286. The predicted octanol–water partition coefficient (Wildman–Crippen LogP) is 5.46. The van der Waals surface area contributed by atoms with Crippen molar-refractivity contribution in [1.82, 2.24) is 9.88 Å². The normalized spacial score (nSPS) is 21.9. The van der Waals surface area contributed by atoms with Gasteiger partial charge < -0.3 is 9.47 Å². The number of pyridine rings is 1. The topological polar surface area (TPSA) is 85.8 Å². The van der Waals surface area contributed by atoms with Crippen LogP contribution in [0, 0.1) is 0 Å². The van der Waals surface area contributed by atoms with Crippen LogP contribution in [-0.4, -0.2) is 48.4 Å². The minimum atomic E-state index is -3.25. The van der Waals surface area contributed by atoms with Gasteiger partial charge in [0.25, 0.3) is 5.91 Å². The number of nitrogens with zero attached hydrogens (tertiary/aromatic N) is 2. The third kappa shape index (κ3) is 4.94. The molecule has 2 unspecified atom stereocenters. The van der Waals surface area contributed by atoms with E-state index in [0.29, 0.717) is 56.8 Å². The molecule has 0 N–H and O–H groups in total. The second-order valence-corrected chi connectivity index (χ2v) is 12.4. The minimum absolute atomic E-state index is 0.0288. The second-order valence-electron chi connectivity index (χ2n) is 9.27. The molecule has 3 aromatic rings. The van der Waals surface area contributed by atoms with E-state index in [-0.39, 0.29) is 24.0 Å². The molecule has 2 aliphatic rings. The summed E-state index contributed by atoms with van der Waals surface area (Å²) in [7, 11) is -3.25. The van der Waals surface area contributed by atoms with Crippen molar-refractivity contribution in [1.29, 1.82) is 0 Å². The number of fused-ring (bicyclic) bond motifs is 1. The zero-order valence-electron chi connectivity index (χ0n) is 20.7. The average Bonchev–Trinajstić information content (AvgIpc) is 3.35. The number of carbonyl (C=O) groups is 1. The summed E-state index contributed by atoms with van der Waals surface area (Å²) in [6.07, 6.45) is 1.23. The lowest BCUT2D eigenvalue weighted by molar-refractivity contribution is -0.140. The van der Waals surface area contributed by atoms with Gasteiger partial charge >= 0.3 is 0 Å². The van der Waals surface area contributed by atoms with Gasteiger partial charge in [0.2, 0.25) is 0 Å². The van der Waals surface area contributed by atoms with Gasteiger partial charge in [0.05, 0.1) is 41.5 Å². The van der Waals surface area contributed by atoms with Crippen LogP contribution in [0.4, 0.5) is 0 Å². The zero-order valence-corrected chi connectivity index (χ0v) is 23.0. The number of benzene rings is 2. The summed E-state index contributed by atoms with van der Waals surface area (Å²) in [6.45, 7) is 6.37. The summed E-state index contributed by atoms with van der Waals surface area (Å²) in [5.41, 5.74) is 1.48. The van der Waals surface area contributed by atoms with Crippen molar-refractivity contribution in [3.05, 3.63) is 105 Å². The van der Waals surface area contributed by atoms with Gasteiger partial charge in [0.15, 0.2) is 15.6 Å². The Hall–Kier alpha value is -2.91. The van der Waals surface area contributed by atoms with E-state index in [1.165, 1.54) is 6.20 Å². The predicted molar refractivity (Wildman–Crippen MR) is 147 cm³/mol. The summed E-state index contributed by atoms with van der Waals surface area (Å²) >= 11 is 12.3. The number of halogens is 2. The molecule has 0 saturated carbocycles. The molecule has 0 aliphatic carbocycles. The standard InChI is InChI=1S/C28H26Cl2N2O5S/c1-3-36-18(2)19-4-11-26-25(14-19)27(33)32(16-23-10-9-22(30)15-31-23)28(26,20-5-7-21(29)8-6-20)37-24-12-13-38(34,35)17-24/h4-11,14-15,24H,2-3,12-13,16-17H2,1H3. The Morgan fingerprint density at radius 3 is 2.50 bits per heavy atom. The highest BCUT2D eigenvalue weighted by Crippen LogP contribution is 2.48. The molecule has 2 aromatic carbocycles. The number of hydrogen-bond donors (Lipinski definition) is 0. The van der Waals surface area contributed by atoms with Crippen molar-refractivity contribution >= 4 is 44.7 Å². The third-order valence-electron chi connectivity index (χ3n) is 6.75. The molecule has 7 nitrogen and oxygen atoms in total. The van der Waals surface area contributed by atoms with Crippen molar-refractivity contribution in [2.45, 2.75) is 31.7 Å². The second kappa shape index (κ2) is 10.3.